The summed E-state index contributed by atoms with van der Waals surface area (Å²) >= 11 is 3.45. The molecule has 7 nitrogen and oxygen atoms in total. The first-order valence-electron chi connectivity index (χ1n) is 10.9. The van der Waals surface area contributed by atoms with Crippen LogP contribution in [0.1, 0.15) is 46.3 Å². The number of carbonyl (C=O) groups is 1. The lowest BCUT2D eigenvalue weighted by atomic mass is 10.1. The second-order valence-electron chi connectivity index (χ2n) is 8.46. The number of pyridine rings is 2. The van der Waals surface area contributed by atoms with Gasteiger partial charge in [-0.15, -0.1) is 0 Å². The minimum Gasteiger partial charge on any atom is -0.320 e. The van der Waals surface area contributed by atoms with Crippen LogP contribution in [0.3, 0.4) is 0 Å². The molecule has 1 aromatic carbocycles. The molecule has 1 amide bonds. The Kier molecular flexibility index (Phi) is 4.76. The van der Waals surface area contributed by atoms with Crippen molar-refractivity contribution in [3.05, 3.63) is 88.2 Å². The van der Waals surface area contributed by atoms with Gasteiger partial charge in [0.1, 0.15) is 11.3 Å². The summed E-state index contributed by atoms with van der Waals surface area (Å²) in [7, 11) is 0. The van der Waals surface area contributed by atoms with Gasteiger partial charge >= 0.3 is 0 Å². The number of benzene rings is 1. The number of anilines is 1. The molecule has 33 heavy (non-hydrogen) atoms. The Hall–Kier alpha value is -3.52. The van der Waals surface area contributed by atoms with E-state index < -0.39 is 0 Å². The van der Waals surface area contributed by atoms with Crippen LogP contribution in [0.15, 0.2) is 65.4 Å². The van der Waals surface area contributed by atoms with Gasteiger partial charge in [-0.2, -0.15) is 5.10 Å². The minimum atomic E-state index is -0.202. The van der Waals surface area contributed by atoms with Gasteiger partial charge in [0.2, 0.25) is 0 Å². The van der Waals surface area contributed by atoms with Gasteiger partial charge in [0, 0.05) is 27.7 Å². The first kappa shape index (κ1) is 20.1. The lowest BCUT2D eigenvalue weighted by Gasteiger charge is -2.08. The maximum Gasteiger partial charge on any atom is 0.274 e. The molecule has 0 atom stereocenters. The number of rotatable bonds is 5. The second-order valence-corrected chi connectivity index (χ2v) is 9.37. The fourth-order valence-electron chi connectivity index (χ4n) is 4.28. The zero-order valence-corrected chi connectivity index (χ0v) is 19.6. The van der Waals surface area contributed by atoms with Crippen molar-refractivity contribution < 1.29 is 4.79 Å². The van der Waals surface area contributed by atoms with E-state index in [0.717, 1.165) is 51.0 Å². The molecule has 0 bridgehead atoms. The summed E-state index contributed by atoms with van der Waals surface area (Å²) in [5.41, 5.74) is 5.97. The third-order valence-electron chi connectivity index (χ3n) is 5.98. The molecule has 164 valence electrons. The van der Waals surface area contributed by atoms with Crippen molar-refractivity contribution in [1.82, 2.24) is 24.1 Å². The van der Waals surface area contributed by atoms with Crippen LogP contribution in [0.4, 0.5) is 5.69 Å². The molecule has 0 aliphatic heterocycles. The third-order valence-corrected chi connectivity index (χ3v) is 6.48. The number of nitrogens with one attached hydrogen (secondary N) is 1. The normalized spacial score (nSPS) is 13.6. The topological polar surface area (TPSA) is 77.1 Å². The number of imidazole rings is 1. The predicted octanol–water partition coefficient (Wildman–Crippen LogP) is 5.33. The highest BCUT2D eigenvalue weighted by Gasteiger charge is 2.30. The number of nitrogens with zero attached hydrogens (tertiary/aromatic N) is 5. The van der Waals surface area contributed by atoms with Crippen LogP contribution < -0.4 is 5.32 Å². The van der Waals surface area contributed by atoms with Gasteiger partial charge in [0.25, 0.3) is 5.91 Å². The van der Waals surface area contributed by atoms with Crippen LogP contribution in [0.2, 0.25) is 0 Å². The molecular formula is C25H21BrN6O. The molecule has 1 N–H and O–H groups in total. The van der Waals surface area contributed by atoms with E-state index in [2.05, 4.69) is 37.3 Å². The van der Waals surface area contributed by atoms with Crippen molar-refractivity contribution in [3.63, 3.8) is 0 Å². The van der Waals surface area contributed by atoms with E-state index in [4.69, 9.17) is 5.10 Å². The molecule has 8 heteroatoms. The number of aryl methyl sites for hydroxylation is 1. The van der Waals surface area contributed by atoms with Crippen LogP contribution in [0.25, 0.3) is 16.6 Å². The Bertz CT molecular complexity index is 1530. The van der Waals surface area contributed by atoms with Crippen molar-refractivity contribution in [3.8, 4) is 0 Å². The standard InChI is InChI=1S/C25H21BrN6O/c1-15-4-2-5-18(28-15)14-32-20-7-3-6-19(23(20)24(30-32)16-8-9-16)29-25(33)21-13-27-22-12-17(26)10-11-31(21)22/h2-7,10-13,16H,8-9,14H2,1H3,(H,29,33). The number of halogens is 1. The summed E-state index contributed by atoms with van der Waals surface area (Å²) in [6.07, 6.45) is 5.69. The fraction of sp³-hybridized carbons (Fsp3) is 0.200. The van der Waals surface area contributed by atoms with Gasteiger partial charge in [-0.25, -0.2) is 4.98 Å². The molecule has 1 aliphatic carbocycles. The van der Waals surface area contributed by atoms with Crippen molar-refractivity contribution in [1.29, 1.82) is 0 Å². The lowest BCUT2D eigenvalue weighted by Crippen LogP contribution is -2.14. The number of hydrogen-bond donors (Lipinski definition) is 1. The van der Waals surface area contributed by atoms with Crippen molar-refractivity contribution >= 4 is 44.1 Å². The van der Waals surface area contributed by atoms with Gasteiger partial charge in [-0.3, -0.25) is 18.9 Å². The van der Waals surface area contributed by atoms with E-state index in [0.29, 0.717) is 23.8 Å². The monoisotopic (exact) mass is 500 g/mol. The molecule has 1 saturated carbocycles. The first-order valence-corrected chi connectivity index (χ1v) is 11.7. The zero-order valence-electron chi connectivity index (χ0n) is 18.0. The molecule has 6 rings (SSSR count). The zero-order chi connectivity index (χ0) is 22.5. The second kappa shape index (κ2) is 7.81. The Labute approximate surface area is 198 Å². The number of fused-ring (bicyclic) bond motifs is 2. The highest BCUT2D eigenvalue weighted by Crippen LogP contribution is 2.44. The summed E-state index contributed by atoms with van der Waals surface area (Å²) in [5, 5.41) is 9.10. The van der Waals surface area contributed by atoms with Crippen molar-refractivity contribution in [2.75, 3.05) is 5.32 Å². The Morgan fingerprint density at radius 2 is 2.03 bits per heavy atom. The molecule has 4 heterocycles. The summed E-state index contributed by atoms with van der Waals surface area (Å²) in [5.74, 6) is 0.234. The number of carbonyl (C=O) groups excluding carboxylic acids is 1. The third kappa shape index (κ3) is 3.70. The SMILES string of the molecule is Cc1cccc(Cn2nc(C3CC3)c3c(NC(=O)c4cnc5cc(Br)ccn45)cccc32)n1. The van der Waals surface area contributed by atoms with E-state index in [9.17, 15) is 4.79 Å². The first-order chi connectivity index (χ1) is 16.1. The molecular weight excluding hydrogens is 480 g/mol. The van der Waals surface area contributed by atoms with Gasteiger partial charge in [0.15, 0.2) is 0 Å². The van der Waals surface area contributed by atoms with E-state index in [1.807, 2.05) is 60.3 Å². The highest BCUT2D eigenvalue weighted by atomic mass is 79.9. The average molecular weight is 501 g/mol. The molecule has 1 aliphatic rings. The van der Waals surface area contributed by atoms with Crippen molar-refractivity contribution in [2.24, 2.45) is 0 Å². The van der Waals surface area contributed by atoms with Crippen molar-refractivity contribution in [2.45, 2.75) is 32.2 Å². The Balaban J connectivity index is 1.40. The van der Waals surface area contributed by atoms with Crippen LogP contribution in [-0.2, 0) is 6.54 Å². The predicted molar refractivity (Wildman–Crippen MR) is 131 cm³/mol. The molecule has 5 aromatic rings. The average Bonchev–Trinajstić information content (AvgIpc) is 3.45. The summed E-state index contributed by atoms with van der Waals surface area (Å²) in [4.78, 5) is 22.2. The number of aromatic nitrogens is 5. The molecule has 0 saturated heterocycles. The summed E-state index contributed by atoms with van der Waals surface area (Å²) < 4.78 is 4.71. The molecule has 0 spiro atoms. The molecule has 1 fully saturated rings. The smallest absolute Gasteiger partial charge is 0.274 e. The maximum absolute atomic E-state index is 13.2. The largest absolute Gasteiger partial charge is 0.320 e. The number of hydrogen-bond acceptors (Lipinski definition) is 4. The van der Waals surface area contributed by atoms with E-state index >= 15 is 0 Å². The molecule has 0 unspecified atom stereocenters. The lowest BCUT2D eigenvalue weighted by molar-refractivity contribution is 0.102. The summed E-state index contributed by atoms with van der Waals surface area (Å²) in [6, 6.07) is 15.8. The van der Waals surface area contributed by atoms with E-state index in [-0.39, 0.29) is 5.91 Å². The van der Waals surface area contributed by atoms with E-state index in [1.165, 1.54) is 0 Å². The highest BCUT2D eigenvalue weighted by molar-refractivity contribution is 9.10. The fourth-order valence-corrected chi connectivity index (χ4v) is 4.60. The van der Waals surface area contributed by atoms with E-state index in [1.54, 1.807) is 10.6 Å². The van der Waals surface area contributed by atoms with Gasteiger partial charge in [0.05, 0.1) is 35.3 Å². The Morgan fingerprint density at radius 1 is 1.18 bits per heavy atom. The molecule has 0 radical (unpaired) electrons. The molecule has 4 aromatic heterocycles. The Morgan fingerprint density at radius 3 is 2.85 bits per heavy atom. The van der Waals surface area contributed by atoms with Gasteiger partial charge in [-0.1, -0.05) is 28.1 Å². The quantitative estimate of drug-likeness (QED) is 0.353. The van der Waals surface area contributed by atoms with Crippen LogP contribution in [0, 0.1) is 6.92 Å². The summed E-state index contributed by atoms with van der Waals surface area (Å²) in [6.45, 7) is 2.58. The maximum atomic E-state index is 13.2. The van der Waals surface area contributed by atoms with Gasteiger partial charge in [-0.05, 0) is 56.2 Å². The van der Waals surface area contributed by atoms with Crippen LogP contribution in [0.5, 0.6) is 0 Å². The van der Waals surface area contributed by atoms with Crippen LogP contribution >= 0.6 is 15.9 Å². The number of amides is 1. The van der Waals surface area contributed by atoms with Gasteiger partial charge < -0.3 is 5.32 Å². The minimum absolute atomic E-state index is 0.202. The van der Waals surface area contributed by atoms with Crippen LogP contribution in [-0.4, -0.2) is 30.1 Å².